The van der Waals surface area contributed by atoms with Gasteiger partial charge in [-0.15, -0.1) is 0 Å². The smallest absolute Gasteiger partial charge is 0.282 e. The van der Waals surface area contributed by atoms with Gasteiger partial charge >= 0.3 is 0 Å². The number of rotatable bonds is 2. The molecule has 1 saturated heterocycles. The molecule has 20 heavy (non-hydrogen) atoms. The molecule has 1 N–H and O–H groups in total. The van der Waals surface area contributed by atoms with Crippen molar-refractivity contribution >= 4 is 29.0 Å². The minimum absolute atomic E-state index is 0.317. The minimum atomic E-state index is -0.327. The number of imide groups is 1. The summed E-state index contributed by atoms with van der Waals surface area (Å²) in [4.78, 5) is 23.0. The van der Waals surface area contributed by atoms with E-state index >= 15 is 0 Å². The molecule has 2 amide bonds. The zero-order valence-electron chi connectivity index (χ0n) is 10.5. The van der Waals surface area contributed by atoms with Gasteiger partial charge in [-0.3, -0.25) is 14.9 Å². The van der Waals surface area contributed by atoms with Crippen molar-refractivity contribution < 1.29 is 9.59 Å². The minimum Gasteiger partial charge on any atom is -0.282 e. The molecule has 98 valence electrons. The van der Waals surface area contributed by atoms with Crippen molar-refractivity contribution in [2.45, 2.75) is 0 Å². The summed E-state index contributed by atoms with van der Waals surface area (Å²) < 4.78 is 0. The van der Waals surface area contributed by atoms with Gasteiger partial charge in [-0.1, -0.05) is 54.6 Å². The lowest BCUT2D eigenvalue weighted by molar-refractivity contribution is -0.115. The van der Waals surface area contributed by atoms with E-state index in [9.17, 15) is 9.59 Å². The van der Waals surface area contributed by atoms with Gasteiger partial charge in [0.2, 0.25) is 0 Å². The fourth-order valence-electron chi connectivity index (χ4n) is 1.97. The van der Waals surface area contributed by atoms with Gasteiger partial charge in [0, 0.05) is 0 Å². The van der Waals surface area contributed by atoms with Gasteiger partial charge in [0.1, 0.15) is 0 Å². The van der Waals surface area contributed by atoms with Crippen LogP contribution in [0.3, 0.4) is 0 Å². The molecule has 4 heteroatoms. The van der Waals surface area contributed by atoms with E-state index < -0.39 is 0 Å². The zero-order valence-corrected chi connectivity index (χ0v) is 11.3. The monoisotopic (exact) mass is 281 g/mol. The Kier molecular flexibility index (Phi) is 3.39. The first kappa shape index (κ1) is 12.7. The average Bonchev–Trinajstić information content (AvgIpc) is 2.79. The average molecular weight is 281 g/mol. The third-order valence-electron chi connectivity index (χ3n) is 2.96. The molecule has 0 bridgehead atoms. The molecule has 1 heterocycles. The van der Waals surface area contributed by atoms with Gasteiger partial charge in [0.15, 0.2) is 0 Å². The summed E-state index contributed by atoms with van der Waals surface area (Å²) >= 11 is 0.931. The molecule has 3 nitrogen and oxygen atoms in total. The number of benzene rings is 2. The standard InChI is InChI=1S/C16H11NO2S/c18-15-14(20-16(19)17-15)10-11-6-8-13(9-7-11)12-4-2-1-3-5-12/h1-10H,(H,17,18,19). The molecule has 1 fully saturated rings. The molecule has 0 unspecified atom stereocenters. The molecule has 2 aromatic rings. The molecule has 0 radical (unpaired) electrons. The van der Waals surface area contributed by atoms with Crippen molar-refractivity contribution in [3.63, 3.8) is 0 Å². The third kappa shape index (κ3) is 2.65. The SMILES string of the molecule is O=C1NC(=O)C(=Cc2ccc(-c3ccccc3)cc2)S1. The van der Waals surface area contributed by atoms with Gasteiger partial charge in [-0.25, -0.2) is 0 Å². The molecule has 1 aliphatic rings. The van der Waals surface area contributed by atoms with E-state index in [4.69, 9.17) is 0 Å². The molecule has 1 aliphatic heterocycles. The quantitative estimate of drug-likeness (QED) is 0.854. The van der Waals surface area contributed by atoms with E-state index in [1.807, 2.05) is 54.6 Å². The number of hydrogen-bond acceptors (Lipinski definition) is 3. The summed E-state index contributed by atoms with van der Waals surface area (Å²) in [6, 6.07) is 17.9. The van der Waals surface area contributed by atoms with Gasteiger partial charge in [0.05, 0.1) is 4.91 Å². The van der Waals surface area contributed by atoms with Crippen molar-refractivity contribution in [1.82, 2.24) is 5.32 Å². The second kappa shape index (κ2) is 5.35. The van der Waals surface area contributed by atoms with Crippen LogP contribution in [0.1, 0.15) is 5.56 Å². The number of amides is 2. The van der Waals surface area contributed by atoms with Crippen molar-refractivity contribution in [3.8, 4) is 11.1 Å². The fraction of sp³-hybridized carbons (Fsp3) is 0. The molecular formula is C16H11NO2S. The lowest BCUT2D eigenvalue weighted by atomic mass is 10.0. The van der Waals surface area contributed by atoms with Crippen LogP contribution in [0.4, 0.5) is 4.79 Å². The number of carbonyl (C=O) groups excluding carboxylic acids is 2. The molecule has 0 atom stereocenters. The maximum atomic E-state index is 11.5. The second-order valence-electron chi connectivity index (χ2n) is 4.34. The zero-order chi connectivity index (χ0) is 13.9. The third-order valence-corrected chi connectivity index (χ3v) is 3.77. The van der Waals surface area contributed by atoms with Crippen molar-refractivity contribution in [1.29, 1.82) is 0 Å². The van der Waals surface area contributed by atoms with E-state index in [0.29, 0.717) is 4.91 Å². The first-order chi connectivity index (χ1) is 9.72. The van der Waals surface area contributed by atoms with Crippen molar-refractivity contribution in [3.05, 3.63) is 65.1 Å². The topological polar surface area (TPSA) is 46.2 Å². The van der Waals surface area contributed by atoms with Gasteiger partial charge < -0.3 is 0 Å². The van der Waals surface area contributed by atoms with Gasteiger partial charge in [-0.05, 0) is 34.5 Å². The van der Waals surface area contributed by atoms with Crippen LogP contribution < -0.4 is 5.32 Å². The Bertz CT molecular complexity index is 690. The van der Waals surface area contributed by atoms with Crippen LogP contribution in [0.15, 0.2) is 59.5 Å². The van der Waals surface area contributed by atoms with Gasteiger partial charge in [-0.2, -0.15) is 0 Å². The Morgan fingerprint density at radius 1 is 0.850 bits per heavy atom. The normalized spacial score (nSPS) is 16.5. The summed E-state index contributed by atoms with van der Waals surface area (Å²) in [6.45, 7) is 0. The predicted octanol–water partition coefficient (Wildman–Crippen LogP) is 3.68. The first-order valence-electron chi connectivity index (χ1n) is 6.13. The van der Waals surface area contributed by atoms with Crippen molar-refractivity contribution in [2.75, 3.05) is 0 Å². The van der Waals surface area contributed by atoms with Crippen LogP contribution in [0, 0.1) is 0 Å². The first-order valence-corrected chi connectivity index (χ1v) is 6.94. The van der Waals surface area contributed by atoms with Crippen LogP contribution in [-0.2, 0) is 4.79 Å². The fourth-order valence-corrected chi connectivity index (χ4v) is 2.66. The summed E-state index contributed by atoms with van der Waals surface area (Å²) in [6.07, 6.45) is 1.72. The maximum Gasteiger partial charge on any atom is 0.290 e. The lowest BCUT2D eigenvalue weighted by Crippen LogP contribution is -2.17. The van der Waals surface area contributed by atoms with E-state index in [1.165, 1.54) is 0 Å². The highest BCUT2D eigenvalue weighted by atomic mass is 32.2. The lowest BCUT2D eigenvalue weighted by Gasteiger charge is -2.02. The van der Waals surface area contributed by atoms with Crippen LogP contribution in [0.25, 0.3) is 17.2 Å². The Morgan fingerprint density at radius 3 is 2.10 bits per heavy atom. The Hall–Kier alpha value is -2.33. The Morgan fingerprint density at radius 2 is 1.50 bits per heavy atom. The Balaban J connectivity index is 1.86. The summed E-state index contributed by atoms with van der Waals surface area (Å²) in [7, 11) is 0. The summed E-state index contributed by atoms with van der Waals surface area (Å²) in [5.74, 6) is -0.327. The number of thioether (sulfide) groups is 1. The van der Waals surface area contributed by atoms with Crippen LogP contribution in [0.2, 0.25) is 0 Å². The Labute approximate surface area is 120 Å². The summed E-state index contributed by atoms with van der Waals surface area (Å²) in [5.41, 5.74) is 3.17. The maximum absolute atomic E-state index is 11.5. The molecule has 2 aromatic carbocycles. The highest BCUT2D eigenvalue weighted by Crippen LogP contribution is 2.26. The molecule has 0 saturated carbocycles. The van der Waals surface area contributed by atoms with Gasteiger partial charge in [0.25, 0.3) is 11.1 Å². The number of nitrogens with one attached hydrogen (secondary N) is 1. The van der Waals surface area contributed by atoms with E-state index in [1.54, 1.807) is 6.08 Å². The number of hydrogen-bond donors (Lipinski definition) is 1. The van der Waals surface area contributed by atoms with E-state index in [-0.39, 0.29) is 11.1 Å². The predicted molar refractivity (Wildman–Crippen MR) is 81.0 cm³/mol. The van der Waals surface area contributed by atoms with Crippen LogP contribution in [0.5, 0.6) is 0 Å². The largest absolute Gasteiger partial charge is 0.290 e. The van der Waals surface area contributed by atoms with E-state index in [2.05, 4.69) is 5.32 Å². The highest BCUT2D eigenvalue weighted by Gasteiger charge is 2.24. The van der Waals surface area contributed by atoms with Crippen LogP contribution >= 0.6 is 11.8 Å². The molecule has 0 aliphatic carbocycles. The molecular weight excluding hydrogens is 270 g/mol. The van der Waals surface area contributed by atoms with Crippen molar-refractivity contribution in [2.24, 2.45) is 0 Å². The molecule has 0 aromatic heterocycles. The van der Waals surface area contributed by atoms with E-state index in [0.717, 1.165) is 28.5 Å². The molecule has 3 rings (SSSR count). The van der Waals surface area contributed by atoms with Crippen LogP contribution in [-0.4, -0.2) is 11.1 Å². The second-order valence-corrected chi connectivity index (χ2v) is 5.36. The molecule has 0 spiro atoms. The highest BCUT2D eigenvalue weighted by molar-refractivity contribution is 8.18. The number of carbonyl (C=O) groups is 2. The summed E-state index contributed by atoms with van der Waals surface area (Å²) in [5, 5.41) is 1.92.